The number of benzene rings is 1. The van der Waals surface area contributed by atoms with Crippen LogP contribution in [0.25, 0.3) is 10.2 Å². The lowest BCUT2D eigenvalue weighted by molar-refractivity contribution is -0.117. The molecule has 1 aliphatic heterocycles. The number of nitrogen functional groups attached to an aromatic ring is 1. The molecule has 1 amide bonds. The van der Waals surface area contributed by atoms with Gasteiger partial charge in [0, 0.05) is 18.8 Å². The number of fused-ring (bicyclic) bond motifs is 1. The Labute approximate surface area is 140 Å². The summed E-state index contributed by atoms with van der Waals surface area (Å²) in [6, 6.07) is 3.90. The van der Waals surface area contributed by atoms with Crippen LogP contribution in [0.3, 0.4) is 0 Å². The standard InChI is InChI=1S/C16H23N5OS/c1-11-8-12(9-13-15(11)19-16(17)23-13)18-14(22)10-21-5-3-4-20(2)6-7-21/h8-9H,3-7,10H2,1-2H3,(H2,17,19)(H,18,22). The summed E-state index contributed by atoms with van der Waals surface area (Å²) in [6.07, 6.45) is 1.11. The van der Waals surface area contributed by atoms with Gasteiger partial charge in [0.1, 0.15) is 0 Å². The number of carbonyl (C=O) groups is 1. The molecular weight excluding hydrogens is 310 g/mol. The Balaban J connectivity index is 1.65. The summed E-state index contributed by atoms with van der Waals surface area (Å²) < 4.78 is 1.01. The number of aromatic nitrogens is 1. The van der Waals surface area contributed by atoms with Crippen LogP contribution in [-0.2, 0) is 4.79 Å². The molecule has 0 unspecified atom stereocenters. The Morgan fingerprint density at radius 1 is 1.35 bits per heavy atom. The van der Waals surface area contributed by atoms with Crippen molar-refractivity contribution in [1.29, 1.82) is 0 Å². The molecule has 6 nitrogen and oxygen atoms in total. The highest BCUT2D eigenvalue weighted by molar-refractivity contribution is 7.22. The zero-order valence-corrected chi connectivity index (χ0v) is 14.4. The summed E-state index contributed by atoms with van der Waals surface area (Å²) in [5.74, 6) is 0.0331. The summed E-state index contributed by atoms with van der Waals surface area (Å²) >= 11 is 1.45. The van der Waals surface area contributed by atoms with Crippen LogP contribution in [0.4, 0.5) is 10.8 Å². The fraction of sp³-hybridized carbons (Fsp3) is 0.500. The summed E-state index contributed by atoms with van der Waals surface area (Å²) in [7, 11) is 2.13. The van der Waals surface area contributed by atoms with Gasteiger partial charge in [0.05, 0.1) is 16.8 Å². The zero-order valence-electron chi connectivity index (χ0n) is 13.6. The molecular formula is C16H23N5OS. The van der Waals surface area contributed by atoms with E-state index < -0.39 is 0 Å². The molecule has 7 heteroatoms. The SMILES string of the molecule is Cc1cc(NC(=O)CN2CCCN(C)CC2)cc2sc(N)nc12. The first-order chi connectivity index (χ1) is 11.0. The first kappa shape index (κ1) is 16.2. The largest absolute Gasteiger partial charge is 0.375 e. The van der Waals surface area contributed by atoms with Crippen LogP contribution < -0.4 is 11.1 Å². The van der Waals surface area contributed by atoms with Crippen LogP contribution in [-0.4, -0.2) is 60.5 Å². The molecule has 1 aromatic carbocycles. The fourth-order valence-electron chi connectivity index (χ4n) is 2.95. The molecule has 2 heterocycles. The second-order valence-corrected chi connectivity index (χ2v) is 7.24. The molecule has 0 atom stereocenters. The normalized spacial score (nSPS) is 17.3. The van der Waals surface area contributed by atoms with Crippen molar-refractivity contribution in [3.8, 4) is 0 Å². The molecule has 3 N–H and O–H groups in total. The van der Waals surface area contributed by atoms with Crippen LogP contribution in [0.5, 0.6) is 0 Å². The smallest absolute Gasteiger partial charge is 0.238 e. The van der Waals surface area contributed by atoms with Crippen molar-refractivity contribution in [3.63, 3.8) is 0 Å². The minimum Gasteiger partial charge on any atom is -0.375 e. The maximum Gasteiger partial charge on any atom is 0.238 e. The average Bonchev–Trinajstić information content (AvgIpc) is 2.73. The molecule has 1 fully saturated rings. The number of nitrogens with one attached hydrogen (secondary N) is 1. The molecule has 3 rings (SSSR count). The van der Waals surface area contributed by atoms with Crippen molar-refractivity contribution in [2.24, 2.45) is 0 Å². The molecule has 0 saturated carbocycles. The Morgan fingerprint density at radius 2 is 2.17 bits per heavy atom. The van der Waals surface area contributed by atoms with Crippen LogP contribution in [0.1, 0.15) is 12.0 Å². The van der Waals surface area contributed by atoms with Gasteiger partial charge in [0.25, 0.3) is 0 Å². The number of amides is 1. The van der Waals surface area contributed by atoms with Crippen molar-refractivity contribution in [2.45, 2.75) is 13.3 Å². The third-order valence-corrected chi connectivity index (χ3v) is 5.00. The number of rotatable bonds is 3. The van der Waals surface area contributed by atoms with Crippen LogP contribution in [0.2, 0.25) is 0 Å². The number of hydrogen-bond donors (Lipinski definition) is 2. The van der Waals surface area contributed by atoms with Gasteiger partial charge in [-0.1, -0.05) is 11.3 Å². The van der Waals surface area contributed by atoms with Gasteiger partial charge in [-0.2, -0.15) is 0 Å². The highest BCUT2D eigenvalue weighted by atomic mass is 32.1. The van der Waals surface area contributed by atoms with Gasteiger partial charge in [-0.3, -0.25) is 9.69 Å². The maximum absolute atomic E-state index is 12.3. The van der Waals surface area contributed by atoms with E-state index in [1.165, 1.54) is 11.3 Å². The number of hydrogen-bond acceptors (Lipinski definition) is 6. The monoisotopic (exact) mass is 333 g/mol. The number of thiazole rings is 1. The highest BCUT2D eigenvalue weighted by Gasteiger charge is 2.15. The minimum atomic E-state index is 0.0331. The third-order valence-electron chi connectivity index (χ3n) is 4.17. The predicted octanol–water partition coefficient (Wildman–Crippen LogP) is 1.76. The second kappa shape index (κ2) is 6.82. The van der Waals surface area contributed by atoms with Gasteiger partial charge in [-0.15, -0.1) is 0 Å². The van der Waals surface area contributed by atoms with Gasteiger partial charge in [0.2, 0.25) is 5.91 Å². The van der Waals surface area contributed by atoms with Crippen LogP contribution in [0, 0.1) is 6.92 Å². The van der Waals surface area contributed by atoms with Crippen molar-refractivity contribution in [1.82, 2.24) is 14.8 Å². The number of anilines is 2. The van der Waals surface area contributed by atoms with E-state index in [-0.39, 0.29) is 5.91 Å². The summed E-state index contributed by atoms with van der Waals surface area (Å²) in [4.78, 5) is 21.2. The number of likely N-dealkylation sites (N-methyl/N-ethyl adjacent to an activating group) is 1. The zero-order chi connectivity index (χ0) is 16.4. The van der Waals surface area contributed by atoms with Gasteiger partial charge < -0.3 is 16.0 Å². The Kier molecular flexibility index (Phi) is 4.79. The Morgan fingerprint density at radius 3 is 3.00 bits per heavy atom. The molecule has 0 bridgehead atoms. The fourth-order valence-corrected chi connectivity index (χ4v) is 3.80. The van der Waals surface area contributed by atoms with E-state index in [0.717, 1.165) is 54.1 Å². The lowest BCUT2D eigenvalue weighted by atomic mass is 10.2. The maximum atomic E-state index is 12.3. The molecule has 124 valence electrons. The van der Waals surface area contributed by atoms with E-state index in [0.29, 0.717) is 11.7 Å². The molecule has 23 heavy (non-hydrogen) atoms. The van der Waals surface area contributed by atoms with Crippen molar-refractivity contribution in [2.75, 3.05) is 50.8 Å². The summed E-state index contributed by atoms with van der Waals surface area (Å²) in [5.41, 5.74) is 8.53. The van der Waals surface area contributed by atoms with Crippen LogP contribution >= 0.6 is 11.3 Å². The second-order valence-electron chi connectivity index (χ2n) is 6.17. The molecule has 2 aromatic rings. The quantitative estimate of drug-likeness (QED) is 0.895. The molecule has 1 saturated heterocycles. The van der Waals surface area contributed by atoms with E-state index in [1.54, 1.807) is 0 Å². The van der Waals surface area contributed by atoms with E-state index in [9.17, 15) is 4.79 Å². The molecule has 0 aliphatic carbocycles. The first-order valence-corrected chi connectivity index (χ1v) is 8.70. The van der Waals surface area contributed by atoms with Crippen LogP contribution in [0.15, 0.2) is 12.1 Å². The third kappa shape index (κ3) is 3.99. The lowest BCUT2D eigenvalue weighted by Crippen LogP contribution is -2.35. The van der Waals surface area contributed by atoms with Gasteiger partial charge in [-0.05, 0) is 51.2 Å². The highest BCUT2D eigenvalue weighted by Crippen LogP contribution is 2.29. The lowest BCUT2D eigenvalue weighted by Gasteiger charge is -2.19. The predicted molar refractivity (Wildman–Crippen MR) is 96.0 cm³/mol. The minimum absolute atomic E-state index is 0.0331. The average molecular weight is 333 g/mol. The van der Waals surface area contributed by atoms with Crippen molar-refractivity contribution >= 4 is 38.3 Å². The van der Waals surface area contributed by atoms with E-state index in [4.69, 9.17) is 5.73 Å². The molecule has 1 aliphatic rings. The number of nitrogens with two attached hydrogens (primary N) is 1. The first-order valence-electron chi connectivity index (χ1n) is 7.88. The van der Waals surface area contributed by atoms with Crippen molar-refractivity contribution in [3.05, 3.63) is 17.7 Å². The number of aryl methyl sites for hydroxylation is 1. The Bertz CT molecular complexity index is 714. The molecule has 0 radical (unpaired) electrons. The van der Waals surface area contributed by atoms with Gasteiger partial charge in [0.15, 0.2) is 5.13 Å². The number of carbonyl (C=O) groups excluding carboxylic acids is 1. The molecule has 0 spiro atoms. The summed E-state index contributed by atoms with van der Waals surface area (Å²) in [6.45, 7) is 6.45. The van der Waals surface area contributed by atoms with Gasteiger partial charge >= 0.3 is 0 Å². The summed E-state index contributed by atoms with van der Waals surface area (Å²) in [5, 5.41) is 3.56. The van der Waals surface area contributed by atoms with Gasteiger partial charge in [-0.25, -0.2) is 4.98 Å². The van der Waals surface area contributed by atoms with E-state index >= 15 is 0 Å². The number of nitrogens with zero attached hydrogens (tertiary/aromatic N) is 3. The molecule has 1 aromatic heterocycles. The van der Waals surface area contributed by atoms with Crippen molar-refractivity contribution < 1.29 is 4.79 Å². The van der Waals surface area contributed by atoms with E-state index in [1.807, 2.05) is 19.1 Å². The Hall–Kier alpha value is -1.70. The topological polar surface area (TPSA) is 74.5 Å². The van der Waals surface area contributed by atoms with E-state index in [2.05, 4.69) is 27.1 Å².